The summed E-state index contributed by atoms with van der Waals surface area (Å²) < 4.78 is 1.76. The van der Waals surface area contributed by atoms with Crippen LogP contribution in [0.5, 0.6) is 0 Å². The highest BCUT2D eigenvalue weighted by Gasteiger charge is 2.11. The van der Waals surface area contributed by atoms with E-state index in [1.54, 1.807) is 4.57 Å². The summed E-state index contributed by atoms with van der Waals surface area (Å²) in [6, 6.07) is 3.72. The predicted octanol–water partition coefficient (Wildman–Crippen LogP) is 3.23. The fraction of sp³-hybridized carbons (Fsp3) is 0.533. The van der Waals surface area contributed by atoms with E-state index in [4.69, 9.17) is 0 Å². The molecule has 0 radical (unpaired) electrons. The molecule has 2 heterocycles. The van der Waals surface area contributed by atoms with E-state index >= 15 is 0 Å². The number of aryl methyl sites for hydroxylation is 1. The van der Waals surface area contributed by atoms with Crippen molar-refractivity contribution in [3.8, 4) is 10.6 Å². The third kappa shape index (κ3) is 4.14. The minimum absolute atomic E-state index is 0.0105. The minimum atomic E-state index is 0.0105. The lowest BCUT2D eigenvalue weighted by Gasteiger charge is -2.08. The first-order chi connectivity index (χ1) is 10.1. The van der Waals surface area contributed by atoms with Gasteiger partial charge in [-0.3, -0.25) is 4.79 Å². The van der Waals surface area contributed by atoms with Gasteiger partial charge in [-0.15, -0.1) is 10.2 Å². The molecule has 0 spiro atoms. The molecule has 114 valence electrons. The summed E-state index contributed by atoms with van der Waals surface area (Å²) in [5.41, 5.74) is 0.639. The van der Waals surface area contributed by atoms with Gasteiger partial charge in [-0.25, -0.2) is 0 Å². The summed E-state index contributed by atoms with van der Waals surface area (Å²) in [4.78, 5) is 12.5. The van der Waals surface area contributed by atoms with Crippen molar-refractivity contribution in [1.82, 2.24) is 14.8 Å². The average Bonchev–Trinajstić information content (AvgIpc) is 2.92. The molecule has 0 amide bonds. The Morgan fingerprint density at radius 3 is 2.90 bits per heavy atom. The van der Waals surface area contributed by atoms with Gasteiger partial charge < -0.3 is 9.88 Å². The molecular weight excluding hydrogens is 284 g/mol. The zero-order chi connectivity index (χ0) is 15.2. The maximum Gasteiger partial charge on any atom is 0.260 e. The molecule has 21 heavy (non-hydrogen) atoms. The highest BCUT2D eigenvalue weighted by Crippen LogP contribution is 2.23. The number of anilines is 1. The number of nitrogens with one attached hydrogen (secondary N) is 1. The van der Waals surface area contributed by atoms with E-state index in [9.17, 15) is 4.79 Å². The largest absolute Gasteiger partial charge is 0.360 e. The third-order valence-corrected chi connectivity index (χ3v) is 4.06. The summed E-state index contributed by atoms with van der Waals surface area (Å²) in [6.07, 6.45) is 3.86. The van der Waals surface area contributed by atoms with Crippen LogP contribution in [0.15, 0.2) is 23.1 Å². The molecule has 0 bridgehead atoms. The Morgan fingerprint density at radius 1 is 1.38 bits per heavy atom. The van der Waals surface area contributed by atoms with Crippen LogP contribution < -0.4 is 10.9 Å². The maximum atomic E-state index is 12.5. The van der Waals surface area contributed by atoms with Crippen LogP contribution in [0.1, 0.15) is 33.6 Å². The van der Waals surface area contributed by atoms with Crippen molar-refractivity contribution in [2.75, 3.05) is 11.9 Å². The molecule has 1 N–H and O–H groups in total. The average molecular weight is 306 g/mol. The Hall–Kier alpha value is -1.69. The van der Waals surface area contributed by atoms with Gasteiger partial charge in [-0.1, -0.05) is 32.1 Å². The molecule has 6 heteroatoms. The highest BCUT2D eigenvalue weighted by molar-refractivity contribution is 7.18. The number of rotatable bonds is 7. The molecular formula is C15H22N4OS. The van der Waals surface area contributed by atoms with E-state index in [0.29, 0.717) is 16.5 Å². The van der Waals surface area contributed by atoms with E-state index in [1.165, 1.54) is 11.3 Å². The number of pyridine rings is 1. The van der Waals surface area contributed by atoms with Crippen molar-refractivity contribution >= 4 is 16.5 Å². The van der Waals surface area contributed by atoms with Crippen LogP contribution >= 0.6 is 11.3 Å². The van der Waals surface area contributed by atoms with Crippen molar-refractivity contribution < 1.29 is 0 Å². The molecule has 0 aliphatic heterocycles. The highest BCUT2D eigenvalue weighted by atomic mass is 32.1. The Bertz CT molecular complexity index is 633. The van der Waals surface area contributed by atoms with Gasteiger partial charge in [-0.05, 0) is 30.9 Å². The molecule has 0 aliphatic carbocycles. The van der Waals surface area contributed by atoms with Gasteiger partial charge in [0.05, 0.1) is 5.56 Å². The van der Waals surface area contributed by atoms with Gasteiger partial charge in [0.15, 0.2) is 5.01 Å². The Balaban J connectivity index is 2.21. The van der Waals surface area contributed by atoms with Gasteiger partial charge >= 0.3 is 0 Å². The second-order valence-electron chi connectivity index (χ2n) is 5.44. The van der Waals surface area contributed by atoms with Gasteiger partial charge in [0.1, 0.15) is 0 Å². The molecule has 2 rings (SSSR count). The molecule has 2 aromatic heterocycles. The number of hydrogen-bond acceptors (Lipinski definition) is 5. The summed E-state index contributed by atoms with van der Waals surface area (Å²) in [5.74, 6) is 0.576. The molecule has 0 saturated carbocycles. The fourth-order valence-electron chi connectivity index (χ4n) is 1.91. The zero-order valence-electron chi connectivity index (χ0n) is 12.8. The lowest BCUT2D eigenvalue weighted by Crippen LogP contribution is -2.21. The van der Waals surface area contributed by atoms with Crippen molar-refractivity contribution in [2.24, 2.45) is 5.92 Å². The Labute approximate surface area is 129 Å². The van der Waals surface area contributed by atoms with Crippen LogP contribution in [-0.4, -0.2) is 21.3 Å². The Morgan fingerprint density at radius 2 is 2.19 bits per heavy atom. The standard InChI is InChI=1S/C15H22N4OS/c1-4-8-16-15-18-17-13(21-15)12-6-5-9-19(14(12)20)10-7-11(2)3/h5-6,9,11H,4,7-8,10H2,1-3H3,(H,16,18). The molecule has 0 saturated heterocycles. The van der Waals surface area contributed by atoms with Gasteiger partial charge in [0.25, 0.3) is 5.56 Å². The molecule has 2 aromatic rings. The second kappa shape index (κ2) is 7.36. The molecule has 0 aliphatic rings. The third-order valence-electron chi connectivity index (χ3n) is 3.15. The summed E-state index contributed by atoms with van der Waals surface area (Å²) in [7, 11) is 0. The number of nitrogens with zero attached hydrogens (tertiary/aromatic N) is 3. The smallest absolute Gasteiger partial charge is 0.260 e. The van der Waals surface area contributed by atoms with Crippen molar-refractivity contribution in [3.63, 3.8) is 0 Å². The quantitative estimate of drug-likeness (QED) is 0.853. The van der Waals surface area contributed by atoms with Crippen LogP contribution in [0.3, 0.4) is 0 Å². The van der Waals surface area contributed by atoms with E-state index < -0.39 is 0 Å². The Kier molecular flexibility index (Phi) is 5.50. The van der Waals surface area contributed by atoms with E-state index in [1.807, 2.05) is 18.3 Å². The zero-order valence-corrected chi connectivity index (χ0v) is 13.6. The number of hydrogen-bond donors (Lipinski definition) is 1. The summed E-state index contributed by atoms with van der Waals surface area (Å²) in [6.45, 7) is 8.02. The topological polar surface area (TPSA) is 59.8 Å². The van der Waals surface area contributed by atoms with Crippen LogP contribution in [-0.2, 0) is 6.54 Å². The summed E-state index contributed by atoms with van der Waals surface area (Å²) in [5, 5.41) is 12.9. The van der Waals surface area contributed by atoms with Crippen LogP contribution in [0, 0.1) is 5.92 Å². The molecule has 0 aromatic carbocycles. The molecule has 5 nitrogen and oxygen atoms in total. The van der Waals surface area contributed by atoms with Gasteiger partial charge in [0, 0.05) is 19.3 Å². The maximum absolute atomic E-state index is 12.5. The van der Waals surface area contributed by atoms with Gasteiger partial charge in [-0.2, -0.15) is 0 Å². The lowest BCUT2D eigenvalue weighted by atomic mass is 10.1. The van der Waals surface area contributed by atoms with Crippen molar-refractivity contribution in [1.29, 1.82) is 0 Å². The first-order valence-electron chi connectivity index (χ1n) is 7.39. The lowest BCUT2D eigenvalue weighted by molar-refractivity contribution is 0.508. The van der Waals surface area contributed by atoms with Gasteiger partial charge in [0.2, 0.25) is 5.13 Å². The van der Waals surface area contributed by atoms with E-state index in [-0.39, 0.29) is 5.56 Å². The second-order valence-corrected chi connectivity index (χ2v) is 6.42. The first-order valence-corrected chi connectivity index (χ1v) is 8.20. The summed E-state index contributed by atoms with van der Waals surface area (Å²) >= 11 is 1.43. The molecule has 0 unspecified atom stereocenters. The van der Waals surface area contributed by atoms with Crippen LogP contribution in [0.2, 0.25) is 0 Å². The van der Waals surface area contributed by atoms with Crippen LogP contribution in [0.25, 0.3) is 10.6 Å². The molecule has 0 fully saturated rings. The monoisotopic (exact) mass is 306 g/mol. The predicted molar refractivity (Wildman–Crippen MR) is 87.8 cm³/mol. The van der Waals surface area contributed by atoms with Crippen LogP contribution in [0.4, 0.5) is 5.13 Å². The fourth-order valence-corrected chi connectivity index (χ4v) is 2.69. The van der Waals surface area contributed by atoms with Crippen molar-refractivity contribution in [3.05, 3.63) is 28.7 Å². The SMILES string of the molecule is CCCNc1nnc(-c2cccn(CCC(C)C)c2=O)s1. The van der Waals surface area contributed by atoms with E-state index in [0.717, 1.165) is 31.1 Å². The minimum Gasteiger partial charge on any atom is -0.360 e. The van der Waals surface area contributed by atoms with Crippen molar-refractivity contribution in [2.45, 2.75) is 40.2 Å². The molecule has 0 atom stereocenters. The van der Waals surface area contributed by atoms with E-state index in [2.05, 4.69) is 36.3 Å². The normalized spacial score (nSPS) is 11.0. The number of aromatic nitrogens is 3. The first kappa shape index (κ1) is 15.7.